The van der Waals surface area contributed by atoms with Gasteiger partial charge < -0.3 is 19.8 Å². The molecule has 1 aliphatic rings. The Morgan fingerprint density at radius 1 is 1.38 bits per heavy atom. The molecular weight excluding hydrogens is 274 g/mol. The number of nitrogens with zero attached hydrogens (tertiary/aromatic N) is 1. The second-order valence-corrected chi connectivity index (χ2v) is 5.71. The number of amides is 1. The summed E-state index contributed by atoms with van der Waals surface area (Å²) in [6.07, 6.45) is 0.401. The number of benzene rings is 1. The summed E-state index contributed by atoms with van der Waals surface area (Å²) in [4.78, 5) is 25.2. The molecule has 6 heteroatoms. The molecule has 0 bridgehead atoms. The minimum Gasteiger partial charge on any atom is -0.504 e. The van der Waals surface area contributed by atoms with Gasteiger partial charge in [-0.05, 0) is 38.0 Å². The van der Waals surface area contributed by atoms with Crippen LogP contribution in [0.25, 0.3) is 0 Å². The van der Waals surface area contributed by atoms with Gasteiger partial charge in [-0.3, -0.25) is 9.59 Å². The molecule has 6 nitrogen and oxygen atoms in total. The van der Waals surface area contributed by atoms with Gasteiger partial charge in [0, 0.05) is 13.1 Å². The fourth-order valence-electron chi connectivity index (χ4n) is 2.54. The van der Waals surface area contributed by atoms with Crippen LogP contribution in [0.3, 0.4) is 0 Å². The number of carboxylic acid groups (broad SMARTS) is 1. The van der Waals surface area contributed by atoms with Crippen molar-refractivity contribution in [2.45, 2.75) is 20.3 Å². The summed E-state index contributed by atoms with van der Waals surface area (Å²) >= 11 is 0. The molecule has 0 saturated carbocycles. The third-order valence-corrected chi connectivity index (χ3v) is 3.95. The molecule has 2 rings (SSSR count). The first kappa shape index (κ1) is 15.2. The predicted molar refractivity (Wildman–Crippen MR) is 75.7 cm³/mol. The third-order valence-electron chi connectivity index (χ3n) is 3.95. The minimum absolute atomic E-state index is 0.136. The average molecular weight is 293 g/mol. The molecule has 1 saturated heterocycles. The highest BCUT2D eigenvalue weighted by atomic mass is 16.5. The molecule has 21 heavy (non-hydrogen) atoms. The summed E-state index contributed by atoms with van der Waals surface area (Å²) in [5, 5.41) is 19.3. The molecule has 1 unspecified atom stereocenters. The fraction of sp³-hybridized carbons (Fsp3) is 0.467. The SMILES string of the molecule is COc1cc(C)cc(C(=O)N2CCC(C)(C(=O)O)C2)c1O. The van der Waals surface area contributed by atoms with E-state index in [9.17, 15) is 19.8 Å². The van der Waals surface area contributed by atoms with E-state index in [1.165, 1.54) is 12.0 Å². The van der Waals surface area contributed by atoms with Crippen LogP contribution in [0.4, 0.5) is 0 Å². The summed E-state index contributed by atoms with van der Waals surface area (Å²) in [5.74, 6) is -1.26. The molecule has 0 aliphatic carbocycles. The Morgan fingerprint density at radius 2 is 2.05 bits per heavy atom. The van der Waals surface area contributed by atoms with Gasteiger partial charge in [-0.1, -0.05) is 0 Å². The zero-order chi connectivity index (χ0) is 15.8. The second-order valence-electron chi connectivity index (χ2n) is 5.71. The first-order valence-electron chi connectivity index (χ1n) is 6.69. The number of carboxylic acids is 1. The minimum atomic E-state index is -0.931. The van der Waals surface area contributed by atoms with Crippen molar-refractivity contribution in [2.75, 3.05) is 20.2 Å². The molecule has 1 amide bonds. The Morgan fingerprint density at radius 3 is 2.57 bits per heavy atom. The van der Waals surface area contributed by atoms with Crippen LogP contribution in [-0.4, -0.2) is 47.2 Å². The van der Waals surface area contributed by atoms with E-state index in [2.05, 4.69) is 0 Å². The van der Waals surface area contributed by atoms with Crippen LogP contribution < -0.4 is 4.74 Å². The Balaban J connectivity index is 2.30. The van der Waals surface area contributed by atoms with E-state index in [0.29, 0.717) is 13.0 Å². The number of aromatic hydroxyl groups is 1. The van der Waals surface area contributed by atoms with Gasteiger partial charge in [-0.25, -0.2) is 0 Å². The van der Waals surface area contributed by atoms with Gasteiger partial charge in [-0.2, -0.15) is 0 Å². The van der Waals surface area contributed by atoms with E-state index in [1.54, 1.807) is 26.0 Å². The number of aryl methyl sites for hydroxylation is 1. The number of hydrogen-bond donors (Lipinski definition) is 2. The number of phenolic OH excluding ortho intramolecular Hbond substituents is 1. The average Bonchev–Trinajstić information content (AvgIpc) is 2.84. The van der Waals surface area contributed by atoms with Crippen LogP contribution in [0.15, 0.2) is 12.1 Å². The zero-order valence-electron chi connectivity index (χ0n) is 12.3. The molecule has 2 N–H and O–H groups in total. The van der Waals surface area contributed by atoms with Gasteiger partial charge in [0.2, 0.25) is 0 Å². The monoisotopic (exact) mass is 293 g/mol. The quantitative estimate of drug-likeness (QED) is 0.884. The summed E-state index contributed by atoms with van der Waals surface area (Å²) < 4.78 is 5.04. The van der Waals surface area contributed by atoms with Crippen LogP contribution in [-0.2, 0) is 4.79 Å². The largest absolute Gasteiger partial charge is 0.504 e. The Hall–Kier alpha value is -2.24. The van der Waals surface area contributed by atoms with Gasteiger partial charge >= 0.3 is 5.97 Å². The van der Waals surface area contributed by atoms with E-state index in [0.717, 1.165) is 5.56 Å². The highest BCUT2D eigenvalue weighted by Gasteiger charge is 2.42. The normalized spacial score (nSPS) is 21.4. The number of carbonyl (C=O) groups is 2. The number of methoxy groups -OCH3 is 1. The molecule has 0 radical (unpaired) electrons. The van der Waals surface area contributed by atoms with Gasteiger partial charge in [0.25, 0.3) is 5.91 Å². The van der Waals surface area contributed by atoms with Crippen molar-refractivity contribution in [3.8, 4) is 11.5 Å². The Labute approximate surface area is 122 Å². The van der Waals surface area contributed by atoms with Crippen LogP contribution in [0.1, 0.15) is 29.3 Å². The lowest BCUT2D eigenvalue weighted by Gasteiger charge is -2.21. The second kappa shape index (κ2) is 5.27. The topological polar surface area (TPSA) is 87.1 Å². The Kier molecular flexibility index (Phi) is 3.80. The van der Waals surface area contributed by atoms with Crippen LogP contribution in [0.2, 0.25) is 0 Å². The smallest absolute Gasteiger partial charge is 0.311 e. The maximum atomic E-state index is 12.5. The molecular formula is C15H19NO5. The number of likely N-dealkylation sites (tertiary alicyclic amines) is 1. The first-order chi connectivity index (χ1) is 9.78. The van der Waals surface area contributed by atoms with Crippen molar-refractivity contribution < 1.29 is 24.5 Å². The van der Waals surface area contributed by atoms with Crippen molar-refractivity contribution in [1.82, 2.24) is 4.90 Å². The summed E-state index contributed by atoms with van der Waals surface area (Å²) in [6, 6.07) is 3.22. The predicted octanol–water partition coefficient (Wildman–Crippen LogP) is 1.65. The maximum absolute atomic E-state index is 12.5. The molecule has 1 aromatic rings. The third kappa shape index (κ3) is 2.66. The van der Waals surface area contributed by atoms with Crippen molar-refractivity contribution in [3.63, 3.8) is 0 Å². The number of ether oxygens (including phenoxy) is 1. The number of aliphatic carboxylic acids is 1. The van der Waals surface area contributed by atoms with Gasteiger partial charge in [0.05, 0.1) is 18.1 Å². The zero-order valence-corrected chi connectivity index (χ0v) is 12.3. The first-order valence-corrected chi connectivity index (χ1v) is 6.69. The molecule has 114 valence electrons. The lowest BCUT2D eigenvalue weighted by atomic mass is 9.90. The summed E-state index contributed by atoms with van der Waals surface area (Å²) in [7, 11) is 1.42. The lowest BCUT2D eigenvalue weighted by molar-refractivity contribution is -0.147. The van der Waals surface area contributed by atoms with E-state index in [1.807, 2.05) is 0 Å². The van der Waals surface area contributed by atoms with Gasteiger partial charge in [-0.15, -0.1) is 0 Å². The lowest BCUT2D eigenvalue weighted by Crippen LogP contribution is -2.34. The standard InChI is InChI=1S/C15H19NO5/c1-9-6-10(12(17)11(7-9)21-3)13(18)16-5-4-15(2,8-16)14(19)20/h6-7,17H,4-5,8H2,1-3H3,(H,19,20). The van der Waals surface area contributed by atoms with E-state index in [-0.39, 0.29) is 29.5 Å². The number of carbonyl (C=O) groups excluding carboxylic acids is 1. The van der Waals surface area contributed by atoms with Crippen LogP contribution in [0, 0.1) is 12.3 Å². The Bertz CT molecular complexity index is 598. The number of rotatable bonds is 3. The molecule has 1 heterocycles. The molecule has 1 atom stereocenters. The van der Waals surface area contributed by atoms with Gasteiger partial charge in [0.1, 0.15) is 0 Å². The number of phenols is 1. The molecule has 1 aliphatic heterocycles. The van der Waals surface area contributed by atoms with Crippen molar-refractivity contribution >= 4 is 11.9 Å². The highest BCUT2D eigenvalue weighted by molar-refractivity contribution is 5.98. The van der Waals surface area contributed by atoms with Crippen molar-refractivity contribution in [1.29, 1.82) is 0 Å². The molecule has 1 aromatic carbocycles. The van der Waals surface area contributed by atoms with Crippen molar-refractivity contribution in [3.05, 3.63) is 23.3 Å². The summed E-state index contributed by atoms with van der Waals surface area (Å²) in [6.45, 7) is 3.91. The van der Waals surface area contributed by atoms with Crippen molar-refractivity contribution in [2.24, 2.45) is 5.41 Å². The fourth-order valence-corrected chi connectivity index (χ4v) is 2.54. The summed E-state index contributed by atoms with van der Waals surface area (Å²) in [5.41, 5.74) is -0.00573. The van der Waals surface area contributed by atoms with E-state index >= 15 is 0 Å². The van der Waals surface area contributed by atoms with E-state index < -0.39 is 11.4 Å². The molecule has 1 fully saturated rings. The molecule has 0 aromatic heterocycles. The number of hydrogen-bond acceptors (Lipinski definition) is 4. The van der Waals surface area contributed by atoms with Gasteiger partial charge in [0.15, 0.2) is 11.5 Å². The molecule has 0 spiro atoms. The maximum Gasteiger partial charge on any atom is 0.311 e. The van der Waals surface area contributed by atoms with Crippen LogP contribution in [0.5, 0.6) is 11.5 Å². The van der Waals surface area contributed by atoms with Crippen LogP contribution >= 0.6 is 0 Å². The highest BCUT2D eigenvalue weighted by Crippen LogP contribution is 2.35. The van der Waals surface area contributed by atoms with E-state index in [4.69, 9.17) is 4.74 Å².